The lowest BCUT2D eigenvalue weighted by molar-refractivity contribution is -0.122. The lowest BCUT2D eigenvalue weighted by atomic mass is 10.0. The van der Waals surface area contributed by atoms with E-state index in [1.54, 1.807) is 48.3 Å². The normalized spacial score (nSPS) is 19.2. The van der Waals surface area contributed by atoms with Crippen molar-refractivity contribution in [1.29, 1.82) is 0 Å². The van der Waals surface area contributed by atoms with Gasteiger partial charge in [0.1, 0.15) is 6.17 Å². The van der Waals surface area contributed by atoms with Gasteiger partial charge in [-0.3, -0.25) is 19.3 Å². The van der Waals surface area contributed by atoms with Gasteiger partial charge in [0.05, 0.1) is 31.5 Å². The van der Waals surface area contributed by atoms with E-state index in [-0.39, 0.29) is 36.7 Å². The molecular formula is C29H27N3O5. The van der Waals surface area contributed by atoms with Crippen molar-refractivity contribution in [3.8, 4) is 11.5 Å². The maximum absolute atomic E-state index is 13.6. The van der Waals surface area contributed by atoms with Crippen molar-refractivity contribution in [3.63, 3.8) is 0 Å². The van der Waals surface area contributed by atoms with Crippen molar-refractivity contribution in [2.24, 2.45) is 0 Å². The lowest BCUT2D eigenvalue weighted by Gasteiger charge is -2.40. The number of hydrogen-bond acceptors (Lipinski definition) is 5. The van der Waals surface area contributed by atoms with Crippen molar-refractivity contribution in [2.75, 3.05) is 25.7 Å². The fraction of sp³-hybridized carbons (Fsp3) is 0.276. The number of amides is 3. The number of fused-ring (bicyclic) bond motifs is 6. The van der Waals surface area contributed by atoms with Gasteiger partial charge in [0.2, 0.25) is 5.91 Å². The molecule has 0 saturated carbocycles. The maximum Gasteiger partial charge on any atom is 0.260 e. The van der Waals surface area contributed by atoms with Crippen LogP contribution in [0.5, 0.6) is 11.5 Å². The number of rotatable bonds is 6. The van der Waals surface area contributed by atoms with Gasteiger partial charge in [-0.25, -0.2) is 0 Å². The quantitative estimate of drug-likeness (QED) is 0.556. The van der Waals surface area contributed by atoms with Gasteiger partial charge in [0.15, 0.2) is 11.5 Å². The van der Waals surface area contributed by atoms with E-state index in [1.165, 1.54) is 0 Å². The molecule has 0 unspecified atom stereocenters. The first kappa shape index (κ1) is 23.1. The van der Waals surface area contributed by atoms with Crippen LogP contribution in [0.1, 0.15) is 62.5 Å². The van der Waals surface area contributed by atoms with Gasteiger partial charge in [0, 0.05) is 24.1 Å². The third kappa shape index (κ3) is 3.63. The van der Waals surface area contributed by atoms with E-state index in [1.807, 2.05) is 36.4 Å². The molecule has 0 radical (unpaired) electrons. The van der Waals surface area contributed by atoms with Crippen LogP contribution < -0.4 is 19.7 Å². The number of anilines is 1. The highest BCUT2D eigenvalue weighted by Crippen LogP contribution is 2.45. The molecule has 0 saturated heterocycles. The first-order valence-electron chi connectivity index (χ1n) is 12.4. The van der Waals surface area contributed by atoms with Gasteiger partial charge in [-0.1, -0.05) is 30.3 Å². The molecule has 2 aliphatic heterocycles. The minimum atomic E-state index is -0.567. The summed E-state index contributed by atoms with van der Waals surface area (Å²) >= 11 is 0. The van der Waals surface area contributed by atoms with Crippen LogP contribution in [-0.2, 0) is 11.2 Å². The highest BCUT2D eigenvalue weighted by Gasteiger charge is 2.47. The summed E-state index contributed by atoms with van der Waals surface area (Å²) in [6, 6.07) is 18.3. The number of carbonyl (C=O) groups excluding carboxylic acids is 3. The molecule has 3 aromatic carbocycles. The van der Waals surface area contributed by atoms with Gasteiger partial charge in [-0.2, -0.15) is 0 Å². The van der Waals surface area contributed by atoms with E-state index in [4.69, 9.17) is 9.47 Å². The lowest BCUT2D eigenvalue weighted by Crippen LogP contribution is -2.49. The Labute approximate surface area is 214 Å². The van der Waals surface area contributed by atoms with Crippen LogP contribution >= 0.6 is 0 Å². The fourth-order valence-electron chi connectivity index (χ4n) is 5.77. The zero-order chi connectivity index (χ0) is 25.7. The summed E-state index contributed by atoms with van der Waals surface area (Å²) in [6.07, 6.45) is 1.17. The Balaban J connectivity index is 1.23. The number of ether oxygens (including phenoxy) is 2. The van der Waals surface area contributed by atoms with Gasteiger partial charge in [-0.15, -0.1) is 0 Å². The SMILES string of the molecule is COc1cc2c(cc1OC)[C@@H](NC(=O)CCN1C(=O)c3ccccc3N3C(=O)c4ccccc4[C@@H]13)CC2. The molecule has 37 heavy (non-hydrogen) atoms. The van der Waals surface area contributed by atoms with Crippen LogP contribution in [0.2, 0.25) is 0 Å². The predicted octanol–water partition coefficient (Wildman–Crippen LogP) is 4.01. The molecule has 2 heterocycles. The van der Waals surface area contributed by atoms with Crippen molar-refractivity contribution in [1.82, 2.24) is 10.2 Å². The van der Waals surface area contributed by atoms with Gasteiger partial charge < -0.3 is 19.7 Å². The average Bonchev–Trinajstić information content (AvgIpc) is 3.45. The number of nitrogens with one attached hydrogen (secondary N) is 1. The fourth-order valence-corrected chi connectivity index (χ4v) is 5.77. The summed E-state index contributed by atoms with van der Waals surface area (Å²) in [4.78, 5) is 43.3. The Hall–Kier alpha value is -4.33. The highest BCUT2D eigenvalue weighted by atomic mass is 16.5. The van der Waals surface area contributed by atoms with Crippen LogP contribution in [0, 0.1) is 0 Å². The van der Waals surface area contributed by atoms with E-state index in [0.29, 0.717) is 28.3 Å². The number of hydrogen-bond donors (Lipinski definition) is 1. The molecule has 188 valence electrons. The smallest absolute Gasteiger partial charge is 0.260 e. The minimum Gasteiger partial charge on any atom is -0.493 e. The van der Waals surface area contributed by atoms with E-state index >= 15 is 0 Å². The van der Waals surface area contributed by atoms with Crippen molar-refractivity contribution >= 4 is 23.4 Å². The third-order valence-corrected chi connectivity index (χ3v) is 7.52. The highest BCUT2D eigenvalue weighted by molar-refractivity contribution is 6.16. The van der Waals surface area contributed by atoms with Crippen LogP contribution in [-0.4, -0.2) is 43.4 Å². The van der Waals surface area contributed by atoms with Crippen LogP contribution in [0.4, 0.5) is 5.69 Å². The Morgan fingerprint density at radius 2 is 1.62 bits per heavy atom. The molecule has 8 heteroatoms. The van der Waals surface area contributed by atoms with Gasteiger partial charge >= 0.3 is 0 Å². The molecule has 0 fully saturated rings. The molecule has 6 rings (SSSR count). The molecule has 8 nitrogen and oxygen atoms in total. The van der Waals surface area contributed by atoms with E-state index in [9.17, 15) is 14.4 Å². The zero-order valence-electron chi connectivity index (χ0n) is 20.7. The molecule has 0 bridgehead atoms. The number of methoxy groups -OCH3 is 2. The molecule has 3 aliphatic rings. The molecule has 3 aromatic rings. The monoisotopic (exact) mass is 497 g/mol. The first-order chi connectivity index (χ1) is 18.0. The average molecular weight is 498 g/mol. The van der Waals surface area contributed by atoms with Crippen LogP contribution in [0.25, 0.3) is 0 Å². The van der Waals surface area contributed by atoms with Gasteiger partial charge in [0.25, 0.3) is 11.8 Å². The van der Waals surface area contributed by atoms with E-state index in [2.05, 4.69) is 5.32 Å². The number of carbonyl (C=O) groups is 3. The van der Waals surface area contributed by atoms with E-state index < -0.39 is 6.17 Å². The third-order valence-electron chi connectivity index (χ3n) is 7.52. The van der Waals surface area contributed by atoms with Crippen molar-refractivity contribution in [2.45, 2.75) is 31.5 Å². The molecule has 3 amide bonds. The molecule has 2 atom stereocenters. The number of benzene rings is 3. The molecular weight excluding hydrogens is 470 g/mol. The van der Waals surface area contributed by atoms with Crippen molar-refractivity contribution < 1.29 is 23.9 Å². The summed E-state index contributed by atoms with van der Waals surface area (Å²) in [5.74, 6) is 0.834. The van der Waals surface area contributed by atoms with Crippen molar-refractivity contribution in [3.05, 3.63) is 88.5 Å². The standard InChI is InChI=1S/C29H27N3O5/c1-36-24-15-17-11-12-22(21(17)16-25(24)37-2)30-26(33)13-14-31-27-18-7-3-4-8-19(18)29(35)32(27)23-10-6-5-9-20(23)28(31)34/h3-10,15-16,22,27H,11-14H2,1-2H3,(H,30,33)/t22-,27-/m0/s1. The van der Waals surface area contributed by atoms with E-state index in [0.717, 1.165) is 29.5 Å². The Kier molecular flexibility index (Phi) is 5.59. The number of nitrogens with zero attached hydrogens (tertiary/aromatic N) is 2. The van der Waals surface area contributed by atoms with Crippen LogP contribution in [0.15, 0.2) is 60.7 Å². The molecule has 0 aromatic heterocycles. The maximum atomic E-state index is 13.6. The summed E-state index contributed by atoms with van der Waals surface area (Å²) in [5.41, 5.74) is 4.58. The second kappa shape index (κ2) is 8.96. The Morgan fingerprint density at radius 3 is 2.41 bits per heavy atom. The first-order valence-corrected chi connectivity index (χ1v) is 12.4. The molecule has 1 N–H and O–H groups in total. The zero-order valence-corrected chi connectivity index (χ0v) is 20.7. The summed E-state index contributed by atoms with van der Waals surface area (Å²) in [7, 11) is 3.20. The predicted molar refractivity (Wildman–Crippen MR) is 137 cm³/mol. The largest absolute Gasteiger partial charge is 0.493 e. The number of para-hydroxylation sites is 1. The van der Waals surface area contributed by atoms with Gasteiger partial charge in [-0.05, 0) is 54.3 Å². The molecule has 1 aliphatic carbocycles. The second-order valence-electron chi connectivity index (χ2n) is 9.47. The van der Waals surface area contributed by atoms with Crippen LogP contribution in [0.3, 0.4) is 0 Å². The number of aryl methyl sites for hydroxylation is 1. The minimum absolute atomic E-state index is 0.119. The summed E-state index contributed by atoms with van der Waals surface area (Å²) in [6.45, 7) is 0.188. The summed E-state index contributed by atoms with van der Waals surface area (Å²) in [5, 5.41) is 3.13. The second-order valence-corrected chi connectivity index (χ2v) is 9.47. The topological polar surface area (TPSA) is 88.2 Å². The Morgan fingerprint density at radius 1 is 0.919 bits per heavy atom. The molecule has 0 spiro atoms. The summed E-state index contributed by atoms with van der Waals surface area (Å²) < 4.78 is 10.9. The Bertz CT molecular complexity index is 1430.